The molecule has 0 aromatic carbocycles. The van der Waals surface area contributed by atoms with Crippen LogP contribution in [-0.4, -0.2) is 30.3 Å². The highest BCUT2D eigenvalue weighted by Crippen LogP contribution is 2.23. The van der Waals surface area contributed by atoms with Crippen molar-refractivity contribution in [1.82, 2.24) is 4.98 Å². The van der Waals surface area contributed by atoms with Gasteiger partial charge in [-0.3, -0.25) is 0 Å². The van der Waals surface area contributed by atoms with Crippen molar-refractivity contribution in [3.63, 3.8) is 0 Å². The number of nitrogens with zero attached hydrogens (tertiary/aromatic N) is 1. The van der Waals surface area contributed by atoms with Gasteiger partial charge in [-0.1, -0.05) is 11.6 Å². The Morgan fingerprint density at radius 1 is 1.42 bits per heavy atom. The molecule has 0 amide bonds. The summed E-state index contributed by atoms with van der Waals surface area (Å²) in [5.74, 6) is 0.694. The zero-order valence-electron chi connectivity index (χ0n) is 10.7. The molecule has 2 rings (SSSR count). The van der Waals surface area contributed by atoms with Crippen LogP contribution in [0.5, 0.6) is 0 Å². The first-order valence-electron chi connectivity index (χ1n) is 6.57. The van der Waals surface area contributed by atoms with Gasteiger partial charge in [-0.05, 0) is 47.7 Å². The quantitative estimate of drug-likeness (QED) is 0.802. The van der Waals surface area contributed by atoms with Crippen LogP contribution in [0.15, 0.2) is 16.7 Å². The molecule has 6 heteroatoms. The molecule has 106 valence electrons. The molecule has 1 aromatic rings. The highest BCUT2D eigenvalue weighted by atomic mass is 79.9. The molecule has 4 nitrogen and oxygen atoms in total. The summed E-state index contributed by atoms with van der Waals surface area (Å²) < 4.78 is 6.69. The first kappa shape index (κ1) is 15.0. The molecule has 0 spiro atoms. The maximum absolute atomic E-state index is 6.06. The van der Waals surface area contributed by atoms with Crippen LogP contribution in [0.2, 0.25) is 5.02 Å². The second kappa shape index (κ2) is 7.43. The molecule has 19 heavy (non-hydrogen) atoms. The monoisotopic (exact) mass is 347 g/mol. The number of hydrogen-bond donors (Lipinski definition) is 2. The lowest BCUT2D eigenvalue weighted by molar-refractivity contribution is 0.0313. The van der Waals surface area contributed by atoms with Crippen molar-refractivity contribution in [2.75, 3.05) is 18.5 Å². The van der Waals surface area contributed by atoms with Crippen molar-refractivity contribution in [2.24, 2.45) is 5.73 Å². The van der Waals surface area contributed by atoms with Gasteiger partial charge in [0.25, 0.3) is 0 Å². The first-order valence-corrected chi connectivity index (χ1v) is 7.74. The van der Waals surface area contributed by atoms with E-state index < -0.39 is 0 Å². The Morgan fingerprint density at radius 3 is 2.84 bits per heavy atom. The van der Waals surface area contributed by atoms with Crippen LogP contribution in [-0.2, 0) is 4.74 Å². The van der Waals surface area contributed by atoms with E-state index in [1.165, 1.54) is 0 Å². The fourth-order valence-electron chi connectivity index (χ4n) is 2.19. The fourth-order valence-corrected chi connectivity index (χ4v) is 2.89. The number of anilines is 1. The van der Waals surface area contributed by atoms with Crippen molar-refractivity contribution in [2.45, 2.75) is 37.8 Å². The Bertz CT molecular complexity index is 411. The van der Waals surface area contributed by atoms with Gasteiger partial charge in [0.1, 0.15) is 5.82 Å². The van der Waals surface area contributed by atoms with Crippen LogP contribution in [0.25, 0.3) is 0 Å². The van der Waals surface area contributed by atoms with E-state index in [2.05, 4.69) is 26.2 Å². The maximum Gasteiger partial charge on any atom is 0.144 e. The minimum absolute atomic E-state index is 0.356. The lowest BCUT2D eigenvalue weighted by Gasteiger charge is -2.26. The van der Waals surface area contributed by atoms with E-state index in [4.69, 9.17) is 22.1 Å². The van der Waals surface area contributed by atoms with Gasteiger partial charge in [0.05, 0.1) is 17.7 Å². The van der Waals surface area contributed by atoms with E-state index in [9.17, 15) is 0 Å². The predicted molar refractivity (Wildman–Crippen MR) is 81.6 cm³/mol. The van der Waals surface area contributed by atoms with Gasteiger partial charge in [-0.15, -0.1) is 0 Å². The maximum atomic E-state index is 6.06. The lowest BCUT2D eigenvalue weighted by Crippen LogP contribution is -2.31. The summed E-state index contributed by atoms with van der Waals surface area (Å²) in [5, 5.41) is 3.78. The van der Waals surface area contributed by atoms with Gasteiger partial charge in [0.15, 0.2) is 0 Å². The Labute approximate surface area is 127 Å². The minimum atomic E-state index is 0.356. The Balaban J connectivity index is 1.66. The standard InChI is InChI=1S/C13H19BrClN3O/c14-9-7-12(15)13(18-8-9)17-5-6-19-11-3-1-10(16)2-4-11/h7-8,10-11H,1-6,16H2,(H,17,18). The van der Waals surface area contributed by atoms with Gasteiger partial charge in [-0.2, -0.15) is 0 Å². The SMILES string of the molecule is NC1CCC(OCCNc2ncc(Br)cc2Cl)CC1. The number of aromatic nitrogens is 1. The molecule has 0 unspecified atom stereocenters. The van der Waals surface area contributed by atoms with Gasteiger partial charge in [-0.25, -0.2) is 4.98 Å². The van der Waals surface area contributed by atoms with Crippen molar-refractivity contribution in [3.8, 4) is 0 Å². The molecule has 0 bridgehead atoms. The second-order valence-corrected chi connectivity index (χ2v) is 6.14. The van der Waals surface area contributed by atoms with Crippen LogP contribution in [0.1, 0.15) is 25.7 Å². The number of nitrogens with two attached hydrogens (primary N) is 1. The van der Waals surface area contributed by atoms with Crippen LogP contribution in [0.4, 0.5) is 5.82 Å². The first-order chi connectivity index (χ1) is 9.15. The van der Waals surface area contributed by atoms with Crippen LogP contribution < -0.4 is 11.1 Å². The third kappa shape index (κ3) is 4.91. The van der Waals surface area contributed by atoms with Crippen LogP contribution in [0.3, 0.4) is 0 Å². The molecule has 0 aliphatic heterocycles. The van der Waals surface area contributed by atoms with Crippen LogP contribution >= 0.6 is 27.5 Å². The minimum Gasteiger partial charge on any atom is -0.376 e. The van der Waals surface area contributed by atoms with E-state index >= 15 is 0 Å². The number of halogens is 2. The van der Waals surface area contributed by atoms with Crippen molar-refractivity contribution in [1.29, 1.82) is 0 Å². The summed E-state index contributed by atoms with van der Waals surface area (Å²) in [5.41, 5.74) is 5.86. The highest BCUT2D eigenvalue weighted by Gasteiger charge is 2.18. The van der Waals surface area contributed by atoms with Crippen molar-refractivity contribution in [3.05, 3.63) is 21.8 Å². The van der Waals surface area contributed by atoms with Gasteiger partial charge >= 0.3 is 0 Å². The molecule has 1 aromatic heterocycles. The average molecular weight is 349 g/mol. The topological polar surface area (TPSA) is 60.2 Å². The number of nitrogens with one attached hydrogen (secondary N) is 1. The summed E-state index contributed by atoms with van der Waals surface area (Å²) in [7, 11) is 0. The number of ether oxygens (including phenoxy) is 1. The van der Waals surface area contributed by atoms with E-state index in [1.54, 1.807) is 6.20 Å². The number of pyridine rings is 1. The van der Waals surface area contributed by atoms with Crippen LogP contribution in [0, 0.1) is 0 Å². The number of rotatable bonds is 5. The molecule has 0 radical (unpaired) electrons. The summed E-state index contributed by atoms with van der Waals surface area (Å²) in [6.45, 7) is 1.37. The smallest absolute Gasteiger partial charge is 0.144 e. The van der Waals surface area contributed by atoms with E-state index in [0.717, 1.165) is 30.2 Å². The molecule has 1 heterocycles. The molecule has 1 aliphatic rings. The van der Waals surface area contributed by atoms with E-state index in [0.29, 0.717) is 36.1 Å². The normalized spacial score (nSPS) is 23.3. The average Bonchev–Trinajstić information content (AvgIpc) is 2.39. The Kier molecular flexibility index (Phi) is 5.88. The Morgan fingerprint density at radius 2 is 2.16 bits per heavy atom. The van der Waals surface area contributed by atoms with Crippen molar-refractivity contribution < 1.29 is 4.74 Å². The van der Waals surface area contributed by atoms with Gasteiger partial charge < -0.3 is 15.8 Å². The zero-order chi connectivity index (χ0) is 13.7. The molecule has 1 aliphatic carbocycles. The van der Waals surface area contributed by atoms with E-state index in [-0.39, 0.29) is 0 Å². The zero-order valence-corrected chi connectivity index (χ0v) is 13.1. The molecule has 0 saturated heterocycles. The molecule has 1 saturated carbocycles. The predicted octanol–water partition coefficient (Wildman–Crippen LogP) is 3.20. The molecule has 3 N–H and O–H groups in total. The lowest BCUT2D eigenvalue weighted by atomic mass is 9.94. The summed E-state index contributed by atoms with van der Waals surface area (Å²) in [6.07, 6.45) is 6.35. The summed E-state index contributed by atoms with van der Waals surface area (Å²) in [6, 6.07) is 2.18. The molecular weight excluding hydrogens is 330 g/mol. The third-order valence-corrected chi connectivity index (χ3v) is 4.00. The largest absolute Gasteiger partial charge is 0.376 e. The third-order valence-electron chi connectivity index (χ3n) is 3.27. The molecular formula is C13H19BrClN3O. The molecule has 1 fully saturated rings. The second-order valence-electron chi connectivity index (χ2n) is 4.82. The Hall–Kier alpha value is -0.360. The van der Waals surface area contributed by atoms with Crippen molar-refractivity contribution >= 4 is 33.3 Å². The fraction of sp³-hybridized carbons (Fsp3) is 0.615. The highest BCUT2D eigenvalue weighted by molar-refractivity contribution is 9.10. The summed E-state index contributed by atoms with van der Waals surface area (Å²) >= 11 is 9.39. The van der Waals surface area contributed by atoms with E-state index in [1.807, 2.05) is 6.07 Å². The molecule has 0 atom stereocenters. The van der Waals surface area contributed by atoms with Gasteiger partial charge in [0, 0.05) is 23.3 Å². The summed E-state index contributed by atoms with van der Waals surface area (Å²) in [4.78, 5) is 4.21. The van der Waals surface area contributed by atoms with Gasteiger partial charge in [0.2, 0.25) is 0 Å². The number of hydrogen-bond acceptors (Lipinski definition) is 4.